The molecule has 25 heavy (non-hydrogen) atoms. The van der Waals surface area contributed by atoms with Crippen LogP contribution in [0.1, 0.15) is 63.0 Å². The van der Waals surface area contributed by atoms with Crippen molar-refractivity contribution in [2.24, 2.45) is 0 Å². The monoisotopic (exact) mass is 352 g/mol. The number of carboxylic acids is 3. The van der Waals surface area contributed by atoms with E-state index in [-0.39, 0.29) is 5.56 Å². The number of carbonyl (C=O) groups is 3. The summed E-state index contributed by atoms with van der Waals surface area (Å²) in [5, 5.41) is 25.9. The highest BCUT2D eigenvalue weighted by atomic mass is 16.4. The molecule has 0 bridgehead atoms. The zero-order valence-electron chi connectivity index (χ0n) is 15.6. The zero-order chi connectivity index (χ0) is 20.4. The van der Waals surface area contributed by atoms with Crippen molar-refractivity contribution in [3.63, 3.8) is 0 Å². The van der Waals surface area contributed by atoms with Gasteiger partial charge in [0.1, 0.15) is 0 Å². The quantitative estimate of drug-likeness (QED) is 0.664. The van der Waals surface area contributed by atoms with E-state index in [0.717, 1.165) is 12.2 Å². The van der Waals surface area contributed by atoms with E-state index >= 15 is 0 Å². The van der Waals surface area contributed by atoms with Crippen LogP contribution in [0.5, 0.6) is 0 Å². The van der Waals surface area contributed by atoms with Crippen molar-refractivity contribution in [1.29, 1.82) is 0 Å². The Hall–Kier alpha value is -2.89. The van der Waals surface area contributed by atoms with E-state index in [1.807, 2.05) is 41.5 Å². The van der Waals surface area contributed by atoms with Gasteiger partial charge in [0.2, 0.25) is 0 Å². The lowest BCUT2D eigenvalue weighted by Crippen LogP contribution is -1.97. The fourth-order valence-corrected chi connectivity index (χ4v) is 1.33. The van der Waals surface area contributed by atoms with E-state index in [4.69, 9.17) is 15.3 Å². The molecule has 6 heteroatoms. The summed E-state index contributed by atoms with van der Waals surface area (Å²) in [6.07, 6.45) is 4.19. The first-order valence-corrected chi connectivity index (χ1v) is 8.09. The van der Waals surface area contributed by atoms with E-state index in [1.54, 1.807) is 0 Å². The van der Waals surface area contributed by atoms with E-state index in [1.165, 1.54) is 30.4 Å². The average Bonchev–Trinajstić information content (AvgIpc) is 2.63. The van der Waals surface area contributed by atoms with Gasteiger partial charge >= 0.3 is 17.9 Å². The molecule has 0 heterocycles. The number of benzene rings is 1. The predicted molar refractivity (Wildman–Crippen MR) is 101 cm³/mol. The molecule has 1 aromatic carbocycles. The average molecular weight is 352 g/mol. The van der Waals surface area contributed by atoms with Crippen LogP contribution in [-0.4, -0.2) is 33.2 Å². The Balaban J connectivity index is -0.000000725. The summed E-state index contributed by atoms with van der Waals surface area (Å²) in [6, 6.07) is 4.06. The first-order chi connectivity index (χ1) is 11.9. The molecular formula is C19H28O6. The predicted octanol–water partition coefficient (Wildman–Crippen LogP) is 4.66. The molecule has 6 nitrogen and oxygen atoms in total. The molecular weight excluding hydrogens is 324 g/mol. The molecule has 1 aromatic rings. The van der Waals surface area contributed by atoms with Crippen LogP contribution in [0.15, 0.2) is 30.4 Å². The van der Waals surface area contributed by atoms with Crippen LogP contribution >= 0.6 is 0 Å². The molecule has 0 atom stereocenters. The Bertz CT molecular complexity index is 543. The van der Waals surface area contributed by atoms with Crippen LogP contribution in [0, 0.1) is 0 Å². The molecule has 0 aliphatic heterocycles. The zero-order valence-corrected chi connectivity index (χ0v) is 15.6. The molecule has 0 spiro atoms. The molecule has 0 aromatic heterocycles. The third-order valence-electron chi connectivity index (χ3n) is 2.06. The van der Waals surface area contributed by atoms with Gasteiger partial charge in [-0.05, 0) is 41.5 Å². The molecule has 0 aliphatic rings. The van der Waals surface area contributed by atoms with Gasteiger partial charge in [0.15, 0.2) is 0 Å². The van der Waals surface area contributed by atoms with Crippen molar-refractivity contribution in [2.75, 3.05) is 0 Å². The topological polar surface area (TPSA) is 112 Å². The fraction of sp³-hybridized carbons (Fsp3) is 0.316. The lowest BCUT2D eigenvalue weighted by molar-refractivity contribution is -0.132. The summed E-state index contributed by atoms with van der Waals surface area (Å²) in [7, 11) is 0. The number of hydrogen-bond acceptors (Lipinski definition) is 3. The smallest absolute Gasteiger partial charge is 0.335 e. The van der Waals surface area contributed by atoms with Crippen LogP contribution in [0.3, 0.4) is 0 Å². The number of hydrogen-bond donors (Lipinski definition) is 3. The van der Waals surface area contributed by atoms with Crippen LogP contribution in [-0.2, 0) is 9.59 Å². The molecule has 0 fully saturated rings. The minimum atomic E-state index is -1.18. The molecule has 0 saturated carbocycles. The first-order valence-electron chi connectivity index (χ1n) is 8.09. The SMILES string of the molecule is CC.CC.CC.O=C(O)/C=C/c1cc(/C=C/C(=O)O)cc(C(=O)O)c1. The van der Waals surface area contributed by atoms with Gasteiger partial charge in [-0.1, -0.05) is 41.5 Å². The second-order valence-corrected chi connectivity index (χ2v) is 3.54. The van der Waals surface area contributed by atoms with Gasteiger partial charge in [-0.3, -0.25) is 0 Å². The Kier molecular flexibility index (Phi) is 18.8. The first kappa shape index (κ1) is 27.0. The molecule has 0 saturated heterocycles. The number of rotatable bonds is 5. The van der Waals surface area contributed by atoms with Gasteiger partial charge in [-0.25, -0.2) is 14.4 Å². The van der Waals surface area contributed by atoms with Crippen molar-refractivity contribution in [2.45, 2.75) is 41.5 Å². The minimum absolute atomic E-state index is 0.0578. The third-order valence-corrected chi connectivity index (χ3v) is 2.06. The molecule has 0 aliphatic carbocycles. The van der Waals surface area contributed by atoms with Gasteiger partial charge in [-0.2, -0.15) is 0 Å². The Morgan fingerprint density at radius 1 is 0.680 bits per heavy atom. The van der Waals surface area contributed by atoms with E-state index in [0.29, 0.717) is 11.1 Å². The van der Waals surface area contributed by atoms with Crippen LogP contribution < -0.4 is 0 Å². The minimum Gasteiger partial charge on any atom is -0.478 e. The molecule has 1 rings (SSSR count). The molecule has 3 N–H and O–H groups in total. The highest BCUT2D eigenvalue weighted by Crippen LogP contribution is 2.14. The molecule has 0 amide bonds. The normalized spacial score (nSPS) is 9.04. The van der Waals surface area contributed by atoms with E-state index < -0.39 is 17.9 Å². The summed E-state index contributed by atoms with van der Waals surface area (Å²) in [5.41, 5.74) is 0.650. The van der Waals surface area contributed by atoms with Gasteiger partial charge in [0.05, 0.1) is 5.56 Å². The fourth-order valence-electron chi connectivity index (χ4n) is 1.33. The maximum atomic E-state index is 10.9. The van der Waals surface area contributed by atoms with Crippen molar-refractivity contribution in [3.8, 4) is 0 Å². The summed E-state index contributed by atoms with van der Waals surface area (Å²) in [6.45, 7) is 12.0. The van der Waals surface area contributed by atoms with Crippen molar-refractivity contribution in [1.82, 2.24) is 0 Å². The summed E-state index contributed by atoms with van der Waals surface area (Å²) in [4.78, 5) is 31.7. The van der Waals surface area contributed by atoms with Crippen molar-refractivity contribution < 1.29 is 29.7 Å². The maximum Gasteiger partial charge on any atom is 0.335 e. The standard InChI is InChI=1S/C13H10O6.3C2H6/c14-11(15)3-1-8-5-9(2-4-12(16)17)7-10(6-8)13(18)19;3*1-2/h1-7H,(H,14,15)(H,16,17)(H,18,19);3*1-2H3/b3-1+,4-2+;;;. The summed E-state index contributed by atoms with van der Waals surface area (Å²) in [5.74, 6) is -3.51. The van der Waals surface area contributed by atoms with Gasteiger partial charge in [-0.15, -0.1) is 0 Å². The number of aromatic carboxylic acids is 1. The maximum absolute atomic E-state index is 10.9. The van der Waals surface area contributed by atoms with E-state index in [2.05, 4.69) is 0 Å². The lowest BCUT2D eigenvalue weighted by atomic mass is 10.0. The molecule has 140 valence electrons. The van der Waals surface area contributed by atoms with Gasteiger partial charge in [0.25, 0.3) is 0 Å². The van der Waals surface area contributed by atoms with Crippen molar-refractivity contribution >= 4 is 30.1 Å². The Morgan fingerprint density at radius 2 is 1.00 bits per heavy atom. The lowest BCUT2D eigenvalue weighted by Gasteiger charge is -2.01. The van der Waals surface area contributed by atoms with Crippen LogP contribution in [0.25, 0.3) is 12.2 Å². The summed E-state index contributed by atoms with van der Waals surface area (Å²) < 4.78 is 0. The van der Waals surface area contributed by atoms with E-state index in [9.17, 15) is 14.4 Å². The van der Waals surface area contributed by atoms with Crippen molar-refractivity contribution in [3.05, 3.63) is 47.0 Å². The number of aliphatic carboxylic acids is 2. The van der Waals surface area contributed by atoms with Gasteiger partial charge < -0.3 is 15.3 Å². The second kappa shape index (κ2) is 17.5. The van der Waals surface area contributed by atoms with Gasteiger partial charge in [0, 0.05) is 12.2 Å². The summed E-state index contributed by atoms with van der Waals surface area (Å²) >= 11 is 0. The third kappa shape index (κ3) is 14.4. The highest BCUT2D eigenvalue weighted by Gasteiger charge is 2.05. The molecule has 0 unspecified atom stereocenters. The largest absolute Gasteiger partial charge is 0.478 e. The molecule has 0 radical (unpaired) electrons. The second-order valence-electron chi connectivity index (χ2n) is 3.54. The Morgan fingerprint density at radius 3 is 1.24 bits per heavy atom. The number of carboxylic acid groups (broad SMARTS) is 3. The van der Waals surface area contributed by atoms with Crippen LogP contribution in [0.2, 0.25) is 0 Å². The van der Waals surface area contributed by atoms with Crippen LogP contribution in [0.4, 0.5) is 0 Å². The highest BCUT2D eigenvalue weighted by molar-refractivity contribution is 5.91. The Labute approximate surface area is 149 Å².